The third-order valence-electron chi connectivity index (χ3n) is 0.866. The maximum absolute atomic E-state index is 10.9. The minimum absolute atomic E-state index is 1.32. The van der Waals surface area contributed by atoms with Gasteiger partial charge in [0.2, 0.25) is 0 Å². The first-order chi connectivity index (χ1) is 4.83. The SMILES string of the molecule is CNP(N)(=O)OP(N)(=O)NC. The second-order valence-corrected chi connectivity index (χ2v) is 5.66. The van der Waals surface area contributed by atoms with Crippen LogP contribution < -0.4 is 21.2 Å². The molecule has 0 aromatic carbocycles. The highest BCUT2D eigenvalue weighted by atomic mass is 31.3. The van der Waals surface area contributed by atoms with Gasteiger partial charge in [0.1, 0.15) is 0 Å². The zero-order chi connectivity index (χ0) is 9.12. The molecule has 6 N–H and O–H groups in total. The van der Waals surface area contributed by atoms with Gasteiger partial charge >= 0.3 is 15.3 Å². The minimum Gasteiger partial charge on any atom is -0.256 e. The van der Waals surface area contributed by atoms with E-state index < -0.39 is 15.3 Å². The molecule has 0 aliphatic heterocycles. The third-order valence-corrected chi connectivity index (χ3v) is 4.05. The highest BCUT2D eigenvalue weighted by molar-refractivity contribution is 7.67. The summed E-state index contributed by atoms with van der Waals surface area (Å²) in [5, 5.41) is 4.30. The lowest BCUT2D eigenvalue weighted by Crippen LogP contribution is -2.19. The van der Waals surface area contributed by atoms with E-state index in [9.17, 15) is 9.13 Å². The first-order valence-corrected chi connectivity index (χ1v) is 6.08. The molecule has 0 rings (SSSR count). The van der Waals surface area contributed by atoms with Gasteiger partial charge in [-0.1, -0.05) is 0 Å². The van der Waals surface area contributed by atoms with Crippen molar-refractivity contribution in [1.29, 1.82) is 0 Å². The van der Waals surface area contributed by atoms with Gasteiger partial charge in [0.05, 0.1) is 0 Å². The van der Waals surface area contributed by atoms with E-state index in [1.165, 1.54) is 14.1 Å². The Bertz CT molecular complexity index is 195. The second kappa shape index (κ2) is 3.78. The Hall–Kier alpha value is 0.260. The van der Waals surface area contributed by atoms with Crippen molar-refractivity contribution in [2.75, 3.05) is 14.1 Å². The fourth-order valence-corrected chi connectivity index (χ4v) is 2.36. The second-order valence-electron chi connectivity index (χ2n) is 1.72. The monoisotopic (exact) mass is 202 g/mol. The predicted molar refractivity (Wildman–Crippen MR) is 42.8 cm³/mol. The Morgan fingerprint density at radius 1 is 1.09 bits per heavy atom. The smallest absolute Gasteiger partial charge is 0.256 e. The Morgan fingerprint density at radius 2 is 1.36 bits per heavy atom. The molecule has 0 amide bonds. The maximum Gasteiger partial charge on any atom is 0.345 e. The van der Waals surface area contributed by atoms with Gasteiger partial charge in [-0.15, -0.1) is 0 Å². The van der Waals surface area contributed by atoms with E-state index >= 15 is 0 Å². The van der Waals surface area contributed by atoms with Crippen molar-refractivity contribution in [3.63, 3.8) is 0 Å². The van der Waals surface area contributed by atoms with Crippen LogP contribution in [0.1, 0.15) is 0 Å². The lowest BCUT2D eigenvalue weighted by Gasteiger charge is -2.16. The normalized spacial score (nSPS) is 22.2. The van der Waals surface area contributed by atoms with Crippen molar-refractivity contribution in [1.82, 2.24) is 10.2 Å². The fraction of sp³-hybridized carbons (Fsp3) is 1.00. The molecule has 0 aromatic rings. The molecule has 0 saturated heterocycles. The van der Waals surface area contributed by atoms with Gasteiger partial charge in [-0.25, -0.2) is 25.5 Å². The molecular weight excluding hydrogens is 190 g/mol. The molecule has 0 saturated carbocycles. The van der Waals surface area contributed by atoms with Gasteiger partial charge in [0, 0.05) is 0 Å². The average Bonchev–Trinajstić information content (AvgIpc) is 1.86. The van der Waals surface area contributed by atoms with Gasteiger partial charge in [-0.05, 0) is 14.1 Å². The zero-order valence-corrected chi connectivity index (χ0v) is 8.06. The molecule has 0 bridgehead atoms. The summed E-state index contributed by atoms with van der Waals surface area (Å²) in [6.07, 6.45) is 0. The van der Waals surface area contributed by atoms with Crippen LogP contribution in [0, 0.1) is 0 Å². The predicted octanol–water partition coefficient (Wildman–Crippen LogP) is -0.425. The molecule has 2 unspecified atom stereocenters. The molecule has 0 aliphatic carbocycles. The van der Waals surface area contributed by atoms with Crippen molar-refractivity contribution < 1.29 is 13.4 Å². The zero-order valence-electron chi connectivity index (χ0n) is 6.27. The first-order valence-electron chi connectivity index (χ1n) is 2.69. The molecule has 0 radical (unpaired) electrons. The molecule has 0 spiro atoms. The third kappa shape index (κ3) is 4.66. The number of hydrogen-bond acceptors (Lipinski definition) is 3. The van der Waals surface area contributed by atoms with Crippen LogP contribution in [0.5, 0.6) is 0 Å². The first kappa shape index (κ1) is 11.3. The van der Waals surface area contributed by atoms with Crippen LogP contribution in [0.3, 0.4) is 0 Å². The summed E-state index contributed by atoms with van der Waals surface area (Å²) in [5.74, 6) is 0. The molecule has 68 valence electrons. The summed E-state index contributed by atoms with van der Waals surface area (Å²) in [6, 6.07) is 0. The molecular formula is C2H12N4O3P2. The van der Waals surface area contributed by atoms with E-state index in [4.69, 9.17) is 11.0 Å². The number of nitrogens with two attached hydrogens (primary N) is 2. The van der Waals surface area contributed by atoms with Crippen molar-refractivity contribution in [2.24, 2.45) is 11.0 Å². The highest BCUT2D eigenvalue weighted by Gasteiger charge is 2.25. The molecule has 0 fully saturated rings. The summed E-state index contributed by atoms with van der Waals surface area (Å²) < 4.78 is 26.2. The van der Waals surface area contributed by atoms with Crippen molar-refractivity contribution in [3.05, 3.63) is 0 Å². The van der Waals surface area contributed by atoms with Crippen LogP contribution in [0.25, 0.3) is 0 Å². The summed E-state index contributed by atoms with van der Waals surface area (Å²) in [7, 11) is -4.39. The average molecular weight is 202 g/mol. The Balaban J connectivity index is 4.26. The van der Waals surface area contributed by atoms with Gasteiger partial charge in [0.25, 0.3) is 0 Å². The van der Waals surface area contributed by atoms with Crippen LogP contribution in [0.4, 0.5) is 0 Å². The molecule has 9 heteroatoms. The number of hydrogen-bond donors (Lipinski definition) is 4. The lowest BCUT2D eigenvalue weighted by molar-refractivity contribution is 0.445. The van der Waals surface area contributed by atoms with Crippen molar-refractivity contribution in [2.45, 2.75) is 0 Å². The van der Waals surface area contributed by atoms with Crippen LogP contribution >= 0.6 is 15.3 Å². The van der Waals surface area contributed by atoms with Crippen molar-refractivity contribution in [3.8, 4) is 0 Å². The van der Waals surface area contributed by atoms with E-state index in [2.05, 4.69) is 14.5 Å². The Morgan fingerprint density at radius 3 is 1.55 bits per heavy atom. The van der Waals surface area contributed by atoms with Gasteiger partial charge < -0.3 is 0 Å². The molecule has 7 nitrogen and oxygen atoms in total. The largest absolute Gasteiger partial charge is 0.345 e. The fourth-order valence-electron chi connectivity index (χ4n) is 0.262. The van der Waals surface area contributed by atoms with E-state index in [-0.39, 0.29) is 0 Å². The lowest BCUT2D eigenvalue weighted by atomic mass is 11.6. The topological polar surface area (TPSA) is 119 Å². The number of nitrogens with one attached hydrogen (secondary N) is 2. The van der Waals surface area contributed by atoms with Gasteiger partial charge in [-0.2, -0.15) is 0 Å². The summed E-state index contributed by atoms with van der Waals surface area (Å²) >= 11 is 0. The maximum atomic E-state index is 10.9. The molecule has 0 aliphatic rings. The summed E-state index contributed by atoms with van der Waals surface area (Å²) in [4.78, 5) is 0. The molecule has 0 aromatic heterocycles. The highest BCUT2D eigenvalue weighted by Crippen LogP contribution is 2.48. The summed E-state index contributed by atoms with van der Waals surface area (Å²) in [5.41, 5.74) is 10.0. The Kier molecular flexibility index (Phi) is 3.87. The van der Waals surface area contributed by atoms with Crippen LogP contribution in [0.2, 0.25) is 0 Å². The quantitative estimate of drug-likeness (QED) is 0.456. The van der Waals surface area contributed by atoms with Crippen LogP contribution in [-0.2, 0) is 13.4 Å². The van der Waals surface area contributed by atoms with Crippen molar-refractivity contribution >= 4 is 15.3 Å². The van der Waals surface area contributed by atoms with E-state index in [0.717, 1.165) is 0 Å². The Labute approximate surface area is 65.0 Å². The van der Waals surface area contributed by atoms with Gasteiger partial charge in [-0.3, -0.25) is 9.13 Å². The number of rotatable bonds is 4. The van der Waals surface area contributed by atoms with Crippen LogP contribution in [0.15, 0.2) is 0 Å². The van der Waals surface area contributed by atoms with E-state index in [0.29, 0.717) is 0 Å². The van der Waals surface area contributed by atoms with E-state index in [1.807, 2.05) is 0 Å². The summed E-state index contributed by atoms with van der Waals surface area (Å²) in [6.45, 7) is 0. The molecule has 11 heavy (non-hydrogen) atoms. The molecule has 0 heterocycles. The molecule has 2 atom stereocenters. The standard InChI is InChI=1S/C2H12N4O3P2/c1-5-10(3,7)9-11(4,8)6-2/h1-2H3,(H3,3,5,7)(H3,4,6,8). The van der Waals surface area contributed by atoms with Crippen LogP contribution in [-0.4, -0.2) is 14.1 Å². The van der Waals surface area contributed by atoms with E-state index in [1.54, 1.807) is 0 Å². The van der Waals surface area contributed by atoms with Gasteiger partial charge in [0.15, 0.2) is 0 Å². The minimum atomic E-state index is -3.51.